The van der Waals surface area contributed by atoms with Crippen LogP contribution in [0.2, 0.25) is 0 Å². The molecule has 26 heavy (non-hydrogen) atoms. The third-order valence-corrected chi connectivity index (χ3v) is 5.23. The first-order valence-corrected chi connectivity index (χ1v) is 10.1. The van der Waals surface area contributed by atoms with Crippen LogP contribution in [0.5, 0.6) is 0 Å². The predicted molar refractivity (Wildman–Crippen MR) is 111 cm³/mol. The molecule has 0 spiro atoms. The van der Waals surface area contributed by atoms with Gasteiger partial charge in [-0.15, -0.1) is 0 Å². The summed E-state index contributed by atoms with van der Waals surface area (Å²) in [5.41, 5.74) is 2.56. The van der Waals surface area contributed by atoms with Gasteiger partial charge in [0.2, 0.25) is 0 Å². The highest BCUT2D eigenvalue weighted by molar-refractivity contribution is 5.83. The Morgan fingerprint density at radius 3 is 2.65 bits per heavy atom. The summed E-state index contributed by atoms with van der Waals surface area (Å²) in [5, 5.41) is 8.19. The number of nitrogens with zero attached hydrogens (tertiary/aromatic N) is 2. The van der Waals surface area contributed by atoms with Crippen molar-refractivity contribution in [3.63, 3.8) is 0 Å². The van der Waals surface area contributed by atoms with Gasteiger partial charge in [0.25, 0.3) is 0 Å². The molecule has 142 valence electrons. The molecule has 1 aliphatic heterocycles. The number of hydrogen-bond acceptors (Lipinski definition) is 2. The number of rotatable bonds is 7. The molecule has 3 rings (SSSR count). The molecule has 2 aromatic rings. The van der Waals surface area contributed by atoms with E-state index in [4.69, 9.17) is 0 Å². The molecule has 3 N–H and O–H groups in total. The molecular weight excluding hydrogens is 322 g/mol. The van der Waals surface area contributed by atoms with Crippen LogP contribution in [-0.2, 0) is 6.42 Å². The third kappa shape index (κ3) is 5.49. The second-order valence-electron chi connectivity index (χ2n) is 7.14. The van der Waals surface area contributed by atoms with E-state index in [9.17, 15) is 0 Å². The maximum absolute atomic E-state index is 4.34. The van der Waals surface area contributed by atoms with E-state index in [1.165, 1.54) is 68.2 Å². The van der Waals surface area contributed by atoms with Crippen LogP contribution in [-0.4, -0.2) is 55.6 Å². The smallest absolute Gasteiger partial charge is 0.190 e. The fourth-order valence-electron chi connectivity index (χ4n) is 3.74. The van der Waals surface area contributed by atoms with E-state index in [1.807, 2.05) is 7.05 Å². The van der Waals surface area contributed by atoms with E-state index in [-0.39, 0.29) is 0 Å². The lowest BCUT2D eigenvalue weighted by Crippen LogP contribution is -2.39. The van der Waals surface area contributed by atoms with E-state index in [0.717, 1.165) is 25.5 Å². The Bertz CT molecular complexity index is 683. The fourth-order valence-corrected chi connectivity index (χ4v) is 3.74. The Hall–Kier alpha value is -2.01. The minimum absolute atomic E-state index is 0.883. The number of aromatic amines is 1. The van der Waals surface area contributed by atoms with Crippen molar-refractivity contribution < 1.29 is 0 Å². The maximum Gasteiger partial charge on any atom is 0.190 e. The summed E-state index contributed by atoms with van der Waals surface area (Å²) >= 11 is 0. The zero-order valence-electron chi connectivity index (χ0n) is 16.1. The largest absolute Gasteiger partial charge is 0.361 e. The summed E-state index contributed by atoms with van der Waals surface area (Å²) in [7, 11) is 1.84. The molecule has 1 aliphatic rings. The SMILES string of the molecule is CN=C(NCCCN1CCCCCC1)NCCc1c[nH]c2ccccc12. The van der Waals surface area contributed by atoms with E-state index in [0.29, 0.717) is 0 Å². The van der Waals surface area contributed by atoms with E-state index >= 15 is 0 Å². The van der Waals surface area contributed by atoms with Crippen LogP contribution in [0.15, 0.2) is 35.5 Å². The Kier molecular flexibility index (Phi) is 7.37. The van der Waals surface area contributed by atoms with Gasteiger partial charge in [0.15, 0.2) is 5.96 Å². The minimum atomic E-state index is 0.883. The van der Waals surface area contributed by atoms with Gasteiger partial charge in [0, 0.05) is 37.2 Å². The van der Waals surface area contributed by atoms with Gasteiger partial charge in [-0.3, -0.25) is 4.99 Å². The molecule has 1 aromatic heterocycles. The fraction of sp³-hybridized carbons (Fsp3) is 0.571. The molecule has 0 atom stereocenters. The highest BCUT2D eigenvalue weighted by Crippen LogP contribution is 2.17. The second-order valence-corrected chi connectivity index (χ2v) is 7.14. The number of guanidine groups is 1. The normalized spacial score (nSPS) is 16.6. The van der Waals surface area contributed by atoms with Crippen molar-refractivity contribution in [2.75, 3.05) is 39.8 Å². The van der Waals surface area contributed by atoms with Crippen LogP contribution < -0.4 is 10.6 Å². The lowest BCUT2D eigenvalue weighted by Gasteiger charge is -2.20. The number of H-pyrrole nitrogens is 1. The number of fused-ring (bicyclic) bond motifs is 1. The monoisotopic (exact) mass is 355 g/mol. The van der Waals surface area contributed by atoms with Crippen LogP contribution in [0.4, 0.5) is 0 Å². The first kappa shape index (κ1) is 18.8. The molecule has 5 nitrogen and oxygen atoms in total. The van der Waals surface area contributed by atoms with Crippen molar-refractivity contribution in [1.29, 1.82) is 0 Å². The molecule has 0 radical (unpaired) electrons. The summed E-state index contributed by atoms with van der Waals surface area (Å²) in [6.07, 6.45) is 9.81. The van der Waals surface area contributed by atoms with Gasteiger partial charge in [0.05, 0.1) is 0 Å². The zero-order chi connectivity index (χ0) is 18.0. The molecule has 1 aromatic carbocycles. The topological polar surface area (TPSA) is 55.5 Å². The Balaban J connectivity index is 1.34. The highest BCUT2D eigenvalue weighted by Gasteiger charge is 2.08. The summed E-state index contributed by atoms with van der Waals surface area (Å²) in [6, 6.07) is 8.46. The van der Waals surface area contributed by atoms with Crippen LogP contribution in [0.25, 0.3) is 10.9 Å². The lowest BCUT2D eigenvalue weighted by molar-refractivity contribution is 0.282. The molecule has 5 heteroatoms. The minimum Gasteiger partial charge on any atom is -0.361 e. The third-order valence-electron chi connectivity index (χ3n) is 5.23. The zero-order valence-corrected chi connectivity index (χ0v) is 16.1. The predicted octanol–water partition coefficient (Wildman–Crippen LogP) is 3.14. The molecule has 0 bridgehead atoms. The van der Waals surface area contributed by atoms with Crippen molar-refractivity contribution >= 4 is 16.9 Å². The summed E-state index contributed by atoms with van der Waals surface area (Å²) in [6.45, 7) is 5.60. The second kappa shape index (κ2) is 10.2. The number of hydrogen-bond donors (Lipinski definition) is 3. The molecule has 0 saturated carbocycles. The van der Waals surface area contributed by atoms with E-state index in [2.05, 4.69) is 56.0 Å². The Morgan fingerprint density at radius 2 is 1.85 bits per heavy atom. The molecule has 1 saturated heterocycles. The van der Waals surface area contributed by atoms with Gasteiger partial charge in [-0.05, 0) is 56.9 Å². The van der Waals surface area contributed by atoms with Gasteiger partial charge in [-0.2, -0.15) is 0 Å². The van der Waals surface area contributed by atoms with Crippen LogP contribution in [0.3, 0.4) is 0 Å². The van der Waals surface area contributed by atoms with E-state index < -0.39 is 0 Å². The van der Waals surface area contributed by atoms with Gasteiger partial charge < -0.3 is 20.5 Å². The molecule has 0 aliphatic carbocycles. The van der Waals surface area contributed by atoms with Gasteiger partial charge >= 0.3 is 0 Å². The Labute approximate surface area is 157 Å². The molecule has 2 heterocycles. The summed E-state index contributed by atoms with van der Waals surface area (Å²) in [4.78, 5) is 10.3. The molecule has 0 amide bonds. The first-order valence-electron chi connectivity index (χ1n) is 10.1. The van der Waals surface area contributed by atoms with Crippen molar-refractivity contribution in [2.24, 2.45) is 4.99 Å². The van der Waals surface area contributed by atoms with Gasteiger partial charge in [-0.25, -0.2) is 0 Å². The Morgan fingerprint density at radius 1 is 1.08 bits per heavy atom. The summed E-state index contributed by atoms with van der Waals surface area (Å²) < 4.78 is 0. The lowest BCUT2D eigenvalue weighted by atomic mass is 10.1. The molecule has 0 unspecified atom stereocenters. The molecular formula is C21H33N5. The van der Waals surface area contributed by atoms with Crippen LogP contribution in [0, 0.1) is 0 Å². The van der Waals surface area contributed by atoms with E-state index in [1.54, 1.807) is 0 Å². The van der Waals surface area contributed by atoms with Crippen LogP contribution in [0.1, 0.15) is 37.7 Å². The number of benzene rings is 1. The number of aliphatic imine (C=N–C) groups is 1. The van der Waals surface area contributed by atoms with Crippen LogP contribution >= 0.6 is 0 Å². The number of nitrogens with one attached hydrogen (secondary N) is 3. The summed E-state index contributed by atoms with van der Waals surface area (Å²) in [5.74, 6) is 0.903. The standard InChI is InChI=1S/C21H33N5/c1-22-21(23-12-8-16-26-14-6-2-3-7-15-26)24-13-11-18-17-25-20-10-5-4-9-19(18)20/h4-5,9-10,17,25H,2-3,6-8,11-16H2,1H3,(H2,22,23,24). The number of aromatic nitrogens is 1. The van der Waals surface area contributed by atoms with Crippen molar-refractivity contribution in [1.82, 2.24) is 20.5 Å². The highest BCUT2D eigenvalue weighted by atomic mass is 15.2. The maximum atomic E-state index is 4.34. The quantitative estimate of drug-likeness (QED) is 0.406. The van der Waals surface area contributed by atoms with Crippen molar-refractivity contribution in [3.8, 4) is 0 Å². The average Bonchev–Trinajstić information content (AvgIpc) is 2.90. The number of likely N-dealkylation sites (tertiary alicyclic amines) is 1. The number of para-hydroxylation sites is 1. The van der Waals surface area contributed by atoms with Gasteiger partial charge in [-0.1, -0.05) is 31.0 Å². The van der Waals surface area contributed by atoms with Crippen molar-refractivity contribution in [2.45, 2.75) is 38.5 Å². The van der Waals surface area contributed by atoms with Gasteiger partial charge in [0.1, 0.15) is 0 Å². The average molecular weight is 356 g/mol. The molecule has 1 fully saturated rings. The van der Waals surface area contributed by atoms with Crippen molar-refractivity contribution in [3.05, 3.63) is 36.0 Å². The first-order chi connectivity index (χ1) is 12.9.